The second-order valence-electron chi connectivity index (χ2n) is 6.63. The molecule has 0 N–H and O–H groups in total. The van der Waals surface area contributed by atoms with Crippen LogP contribution in [0.25, 0.3) is 0 Å². The molecule has 0 heterocycles. The molecule has 0 aliphatic rings. The average molecular weight is 358 g/mol. The molecule has 0 spiro atoms. The summed E-state index contributed by atoms with van der Waals surface area (Å²) in [6, 6.07) is 0. The Bertz CT molecular complexity index is 534. The van der Waals surface area contributed by atoms with Crippen LogP contribution in [0.3, 0.4) is 0 Å². The Morgan fingerprint density at radius 2 is 1.20 bits per heavy atom. The fourth-order valence-corrected chi connectivity index (χ4v) is 2.19. The third kappa shape index (κ3) is 13.3. The first-order valence-electron chi connectivity index (χ1n) is 8.58. The molecule has 0 bridgehead atoms. The summed E-state index contributed by atoms with van der Waals surface area (Å²) in [5, 5.41) is 0. The van der Waals surface area contributed by atoms with Crippen LogP contribution in [0.1, 0.15) is 72.6 Å². The summed E-state index contributed by atoms with van der Waals surface area (Å²) in [6.07, 6.45) is 4.48. The second kappa shape index (κ2) is 11.8. The van der Waals surface area contributed by atoms with Gasteiger partial charge in [-0.15, -0.1) is 0 Å². The molecule has 0 rings (SSSR count). The molecule has 0 saturated heterocycles. The van der Waals surface area contributed by atoms with Crippen LogP contribution >= 0.6 is 0 Å². The largest absolute Gasteiger partial charge is 0.450 e. The molecule has 0 amide bonds. The smallest absolute Gasteiger partial charge is 0.299 e. The first-order valence-corrected chi connectivity index (χ1v) is 8.58. The van der Waals surface area contributed by atoms with E-state index in [4.69, 9.17) is 0 Å². The molecule has 142 valence electrons. The van der Waals surface area contributed by atoms with E-state index < -0.39 is 24.2 Å². The first-order chi connectivity index (χ1) is 11.5. The van der Waals surface area contributed by atoms with E-state index in [2.05, 4.69) is 32.9 Å². The lowest BCUT2D eigenvalue weighted by atomic mass is 10.0. The minimum absolute atomic E-state index is 0.0310. The van der Waals surface area contributed by atoms with Gasteiger partial charge in [0.15, 0.2) is 0 Å². The normalized spacial score (nSPS) is 12.9. The van der Waals surface area contributed by atoms with Crippen molar-refractivity contribution < 1.29 is 22.8 Å². The number of ketones is 2. The maximum atomic E-state index is 12.1. The van der Waals surface area contributed by atoms with Crippen molar-refractivity contribution in [3.63, 3.8) is 0 Å². The van der Waals surface area contributed by atoms with Gasteiger partial charge in [-0.2, -0.15) is 13.2 Å². The second-order valence-corrected chi connectivity index (χ2v) is 6.63. The minimum atomic E-state index is -4.92. The van der Waals surface area contributed by atoms with Gasteiger partial charge in [0.25, 0.3) is 0 Å². The highest BCUT2D eigenvalue weighted by atomic mass is 19.4. The van der Waals surface area contributed by atoms with Crippen molar-refractivity contribution in [3.05, 3.63) is 34.9 Å². The van der Waals surface area contributed by atoms with Crippen molar-refractivity contribution in [1.82, 2.24) is 0 Å². The SMILES string of the molecule is CC(C)=CCC/C(C)=C/CC/C(C)=C/CCC(=O)CC(=O)C(F)(F)F. The summed E-state index contributed by atoms with van der Waals surface area (Å²) in [7, 11) is 0. The third-order valence-corrected chi connectivity index (χ3v) is 3.71. The number of halogens is 3. The minimum Gasteiger partial charge on any atom is -0.299 e. The molecule has 0 aliphatic carbocycles. The number of hydrogen-bond acceptors (Lipinski definition) is 2. The van der Waals surface area contributed by atoms with Gasteiger partial charge in [0.05, 0.1) is 6.42 Å². The van der Waals surface area contributed by atoms with Crippen molar-refractivity contribution >= 4 is 11.6 Å². The number of Topliss-reactive ketones (excluding diaryl/α,β-unsaturated/α-hetero) is 2. The maximum absolute atomic E-state index is 12.1. The van der Waals surface area contributed by atoms with Crippen LogP contribution in [0, 0.1) is 0 Å². The van der Waals surface area contributed by atoms with E-state index in [0.29, 0.717) is 6.42 Å². The number of allylic oxidation sites excluding steroid dienone is 6. The highest BCUT2D eigenvalue weighted by Gasteiger charge is 2.38. The first kappa shape index (κ1) is 23.4. The van der Waals surface area contributed by atoms with E-state index >= 15 is 0 Å². The Morgan fingerprint density at radius 3 is 1.64 bits per heavy atom. The van der Waals surface area contributed by atoms with Crippen LogP contribution in [0.15, 0.2) is 34.9 Å². The van der Waals surface area contributed by atoms with E-state index in [1.807, 2.05) is 13.0 Å². The summed E-state index contributed by atoms with van der Waals surface area (Å²) < 4.78 is 36.2. The average Bonchev–Trinajstić information content (AvgIpc) is 2.45. The van der Waals surface area contributed by atoms with Gasteiger partial charge < -0.3 is 0 Å². The molecule has 0 unspecified atom stereocenters. The summed E-state index contributed by atoms with van der Waals surface area (Å²) in [4.78, 5) is 22.1. The number of carbonyl (C=O) groups excluding carboxylic acids is 2. The van der Waals surface area contributed by atoms with Crippen LogP contribution in [-0.4, -0.2) is 17.7 Å². The molecular formula is C20H29F3O2. The van der Waals surface area contributed by atoms with Gasteiger partial charge in [-0.3, -0.25) is 9.59 Å². The Kier molecular flexibility index (Phi) is 11.0. The molecular weight excluding hydrogens is 329 g/mol. The standard InChI is InChI=1S/C20H29F3O2/c1-15(2)8-5-9-16(3)10-6-11-17(4)12-7-13-18(24)14-19(25)20(21,22)23/h8,10,12H,5-7,9,11,13-14H2,1-4H3/b16-10+,17-12+. The number of carbonyl (C=O) groups is 2. The predicted molar refractivity (Wildman–Crippen MR) is 95.3 cm³/mol. The molecule has 0 fully saturated rings. The van der Waals surface area contributed by atoms with E-state index in [-0.39, 0.29) is 6.42 Å². The maximum Gasteiger partial charge on any atom is 0.450 e. The molecule has 25 heavy (non-hydrogen) atoms. The molecule has 0 saturated carbocycles. The Labute approximate surface area is 148 Å². The lowest BCUT2D eigenvalue weighted by Crippen LogP contribution is -2.25. The van der Waals surface area contributed by atoms with Crippen molar-refractivity contribution in [2.75, 3.05) is 0 Å². The zero-order chi connectivity index (χ0) is 19.5. The van der Waals surface area contributed by atoms with E-state index in [0.717, 1.165) is 31.3 Å². The fourth-order valence-electron chi connectivity index (χ4n) is 2.19. The Hall–Kier alpha value is -1.65. The third-order valence-electron chi connectivity index (χ3n) is 3.71. The van der Waals surface area contributed by atoms with Gasteiger partial charge in [0.1, 0.15) is 5.78 Å². The molecule has 2 nitrogen and oxygen atoms in total. The van der Waals surface area contributed by atoms with Gasteiger partial charge in [-0.1, -0.05) is 34.9 Å². The van der Waals surface area contributed by atoms with Crippen molar-refractivity contribution in [2.45, 2.75) is 78.8 Å². The molecule has 0 aromatic carbocycles. The zero-order valence-corrected chi connectivity index (χ0v) is 15.6. The fraction of sp³-hybridized carbons (Fsp3) is 0.600. The number of alkyl halides is 3. The molecule has 5 heteroatoms. The quantitative estimate of drug-likeness (QED) is 0.322. The van der Waals surface area contributed by atoms with Crippen LogP contribution in [0.5, 0.6) is 0 Å². The number of hydrogen-bond donors (Lipinski definition) is 0. The van der Waals surface area contributed by atoms with Gasteiger partial charge in [0, 0.05) is 6.42 Å². The Balaban J connectivity index is 4.08. The highest BCUT2D eigenvalue weighted by Crippen LogP contribution is 2.19. The van der Waals surface area contributed by atoms with E-state index in [1.54, 1.807) is 0 Å². The predicted octanol–water partition coefficient (Wildman–Crippen LogP) is 6.28. The highest BCUT2D eigenvalue weighted by molar-refractivity contribution is 6.01. The van der Waals surface area contributed by atoms with Crippen molar-refractivity contribution in [2.24, 2.45) is 0 Å². The summed E-state index contributed by atoms with van der Waals surface area (Å²) in [5.41, 5.74) is 3.76. The zero-order valence-electron chi connectivity index (χ0n) is 15.6. The van der Waals surface area contributed by atoms with Crippen LogP contribution in [0.4, 0.5) is 13.2 Å². The summed E-state index contributed by atoms with van der Waals surface area (Å²) >= 11 is 0. The molecule has 0 atom stereocenters. The number of rotatable bonds is 11. The van der Waals surface area contributed by atoms with Crippen molar-refractivity contribution in [1.29, 1.82) is 0 Å². The lowest BCUT2D eigenvalue weighted by Gasteiger charge is -2.04. The van der Waals surface area contributed by atoms with Crippen LogP contribution < -0.4 is 0 Å². The van der Waals surface area contributed by atoms with Gasteiger partial charge >= 0.3 is 6.18 Å². The monoisotopic (exact) mass is 358 g/mol. The Morgan fingerprint density at radius 1 is 0.760 bits per heavy atom. The molecule has 0 aromatic heterocycles. The summed E-state index contributed by atoms with van der Waals surface area (Å²) in [5.74, 6) is -2.63. The van der Waals surface area contributed by atoms with Gasteiger partial charge in [-0.05, 0) is 59.8 Å². The van der Waals surface area contributed by atoms with Gasteiger partial charge in [0.2, 0.25) is 5.78 Å². The van der Waals surface area contributed by atoms with Gasteiger partial charge in [-0.25, -0.2) is 0 Å². The summed E-state index contributed by atoms with van der Waals surface area (Å²) in [6.45, 7) is 8.21. The van der Waals surface area contributed by atoms with E-state index in [9.17, 15) is 22.8 Å². The molecule has 0 radical (unpaired) electrons. The van der Waals surface area contributed by atoms with Crippen LogP contribution in [0.2, 0.25) is 0 Å². The van der Waals surface area contributed by atoms with E-state index in [1.165, 1.54) is 11.1 Å². The van der Waals surface area contributed by atoms with Crippen LogP contribution in [-0.2, 0) is 9.59 Å². The van der Waals surface area contributed by atoms with Crippen molar-refractivity contribution in [3.8, 4) is 0 Å². The molecule has 0 aromatic rings. The molecule has 0 aliphatic heterocycles. The topological polar surface area (TPSA) is 34.1 Å². The lowest BCUT2D eigenvalue weighted by molar-refractivity contribution is -0.171.